The lowest BCUT2D eigenvalue weighted by Gasteiger charge is -2.16. The van der Waals surface area contributed by atoms with Crippen molar-refractivity contribution in [2.45, 2.75) is 12.2 Å². The number of aliphatic hydroxyl groups excluding tert-OH is 2. The van der Waals surface area contributed by atoms with Crippen molar-refractivity contribution in [2.75, 3.05) is 40.0 Å². The number of rotatable bonds is 0. The van der Waals surface area contributed by atoms with Crippen LogP contribution in [0.25, 0.3) is 0 Å². The Labute approximate surface area is 82.3 Å². The van der Waals surface area contributed by atoms with Gasteiger partial charge in [-0.05, 0) is 0 Å². The Bertz CT molecular complexity index is 114. The normalized spacial score (nSPS) is 25.3. The maximum Gasteiger partial charge on any atom is 0.146 e. The van der Waals surface area contributed by atoms with Crippen molar-refractivity contribution in [1.82, 2.24) is 0 Å². The first-order valence-corrected chi connectivity index (χ1v) is 4.46. The highest BCUT2D eigenvalue weighted by molar-refractivity contribution is 4.52. The third-order valence-electron chi connectivity index (χ3n) is 1.57. The molecule has 0 aromatic rings. The van der Waals surface area contributed by atoms with Crippen LogP contribution in [0.3, 0.4) is 0 Å². The van der Waals surface area contributed by atoms with E-state index in [2.05, 4.69) is 0 Å². The first-order valence-electron chi connectivity index (χ1n) is 4.46. The van der Waals surface area contributed by atoms with Crippen molar-refractivity contribution < 1.29 is 29.2 Å². The summed E-state index contributed by atoms with van der Waals surface area (Å²) in [6.45, 7) is 2.33. The Morgan fingerprint density at radius 2 is 0.929 bits per heavy atom. The minimum absolute atomic E-state index is 0.330. The molecule has 0 unspecified atom stereocenters. The summed E-state index contributed by atoms with van der Waals surface area (Å²) in [4.78, 5) is 0. The molecular weight excluding hydrogens is 192 g/mol. The van der Waals surface area contributed by atoms with Crippen LogP contribution in [-0.4, -0.2) is 62.4 Å². The number of aliphatic hydroxyl groups is 2. The topological polar surface area (TPSA) is 77.4 Å². The summed E-state index contributed by atoms with van der Waals surface area (Å²) in [6, 6.07) is 0. The second-order valence-electron chi connectivity index (χ2n) is 3.03. The fourth-order valence-electron chi connectivity index (χ4n) is 0.951. The van der Waals surface area contributed by atoms with E-state index in [1.807, 2.05) is 0 Å². The molecule has 0 bridgehead atoms. The monoisotopic (exact) mass is 208 g/mol. The molecule has 0 saturated carbocycles. The summed E-state index contributed by atoms with van der Waals surface area (Å²) in [5.74, 6) is 0. The molecule has 2 N–H and O–H groups in total. The summed E-state index contributed by atoms with van der Waals surface area (Å²) < 4.78 is 18.8. The first kappa shape index (κ1) is 11.8. The third kappa shape index (κ3) is 5.48. The zero-order valence-electron chi connectivity index (χ0n) is 7.92. The SMILES string of the molecule is OC1COCOC1.OC1COCOC1. The van der Waals surface area contributed by atoms with Crippen LogP contribution in [0.2, 0.25) is 0 Å². The molecule has 2 saturated heterocycles. The molecule has 0 amide bonds. The number of hydrogen-bond donors (Lipinski definition) is 2. The van der Waals surface area contributed by atoms with Gasteiger partial charge in [0.15, 0.2) is 0 Å². The van der Waals surface area contributed by atoms with Crippen LogP contribution in [0, 0.1) is 0 Å². The van der Waals surface area contributed by atoms with Gasteiger partial charge in [0.1, 0.15) is 25.8 Å². The van der Waals surface area contributed by atoms with Crippen molar-refractivity contribution in [3.63, 3.8) is 0 Å². The van der Waals surface area contributed by atoms with E-state index < -0.39 is 12.2 Å². The lowest BCUT2D eigenvalue weighted by Crippen LogP contribution is -2.28. The second-order valence-corrected chi connectivity index (χ2v) is 3.03. The molecule has 2 heterocycles. The maximum absolute atomic E-state index is 8.66. The molecule has 2 rings (SSSR count). The Balaban J connectivity index is 0.000000140. The highest BCUT2D eigenvalue weighted by Gasteiger charge is 2.08. The molecule has 2 aliphatic heterocycles. The quantitative estimate of drug-likeness (QED) is 0.515. The van der Waals surface area contributed by atoms with Gasteiger partial charge in [-0.3, -0.25) is 0 Å². The summed E-state index contributed by atoms with van der Waals surface area (Å²) >= 11 is 0. The van der Waals surface area contributed by atoms with Crippen molar-refractivity contribution in [2.24, 2.45) is 0 Å². The van der Waals surface area contributed by atoms with Crippen LogP contribution in [0.1, 0.15) is 0 Å². The molecule has 84 valence electrons. The summed E-state index contributed by atoms with van der Waals surface area (Å²) in [7, 11) is 0. The molecule has 0 aliphatic carbocycles. The van der Waals surface area contributed by atoms with Gasteiger partial charge in [0.05, 0.1) is 26.4 Å². The molecule has 0 aromatic heterocycles. The Kier molecular flexibility index (Phi) is 6.00. The number of ether oxygens (including phenoxy) is 4. The Hall–Kier alpha value is -0.240. The van der Waals surface area contributed by atoms with Gasteiger partial charge in [0.25, 0.3) is 0 Å². The largest absolute Gasteiger partial charge is 0.388 e. The van der Waals surface area contributed by atoms with E-state index in [9.17, 15) is 0 Å². The van der Waals surface area contributed by atoms with E-state index in [-0.39, 0.29) is 0 Å². The van der Waals surface area contributed by atoms with Crippen molar-refractivity contribution in [3.05, 3.63) is 0 Å². The van der Waals surface area contributed by atoms with E-state index in [0.29, 0.717) is 40.0 Å². The van der Waals surface area contributed by atoms with E-state index in [0.717, 1.165) is 0 Å². The molecule has 0 aromatic carbocycles. The summed E-state index contributed by atoms with van der Waals surface area (Å²) in [5.41, 5.74) is 0. The van der Waals surface area contributed by atoms with Crippen molar-refractivity contribution >= 4 is 0 Å². The molecule has 6 heteroatoms. The summed E-state index contributed by atoms with van der Waals surface area (Å²) in [5, 5.41) is 17.3. The van der Waals surface area contributed by atoms with E-state index >= 15 is 0 Å². The second kappa shape index (κ2) is 7.10. The molecule has 14 heavy (non-hydrogen) atoms. The lowest BCUT2D eigenvalue weighted by molar-refractivity contribution is -0.150. The van der Waals surface area contributed by atoms with Gasteiger partial charge in [0.2, 0.25) is 0 Å². The predicted octanol–water partition coefficient (Wildman–Crippen LogP) is -1.30. The molecule has 6 nitrogen and oxygen atoms in total. The van der Waals surface area contributed by atoms with Gasteiger partial charge in [-0.25, -0.2) is 0 Å². The predicted molar refractivity (Wildman–Crippen MR) is 45.6 cm³/mol. The zero-order valence-corrected chi connectivity index (χ0v) is 7.92. The highest BCUT2D eigenvalue weighted by Crippen LogP contribution is 1.94. The van der Waals surface area contributed by atoms with Gasteiger partial charge in [-0.2, -0.15) is 0 Å². The minimum Gasteiger partial charge on any atom is -0.388 e. The van der Waals surface area contributed by atoms with Crippen LogP contribution in [0.4, 0.5) is 0 Å². The van der Waals surface area contributed by atoms with E-state index in [1.54, 1.807) is 0 Å². The maximum atomic E-state index is 8.66. The molecule has 0 radical (unpaired) electrons. The van der Waals surface area contributed by atoms with Gasteiger partial charge in [-0.15, -0.1) is 0 Å². The zero-order chi connectivity index (χ0) is 10.2. The van der Waals surface area contributed by atoms with E-state index in [1.165, 1.54) is 0 Å². The smallest absolute Gasteiger partial charge is 0.146 e. The van der Waals surface area contributed by atoms with Crippen LogP contribution in [0.5, 0.6) is 0 Å². The Morgan fingerprint density at radius 3 is 1.07 bits per heavy atom. The van der Waals surface area contributed by atoms with Crippen molar-refractivity contribution in [3.8, 4) is 0 Å². The van der Waals surface area contributed by atoms with Crippen molar-refractivity contribution in [1.29, 1.82) is 0 Å². The molecule has 2 aliphatic rings. The average molecular weight is 208 g/mol. The summed E-state index contributed by atoms with van der Waals surface area (Å²) in [6.07, 6.45) is -0.817. The van der Waals surface area contributed by atoms with Gasteiger partial charge < -0.3 is 29.2 Å². The lowest BCUT2D eigenvalue weighted by atomic mass is 10.4. The van der Waals surface area contributed by atoms with Gasteiger partial charge in [-0.1, -0.05) is 0 Å². The Morgan fingerprint density at radius 1 is 0.643 bits per heavy atom. The fraction of sp³-hybridized carbons (Fsp3) is 1.00. The minimum atomic E-state index is -0.409. The third-order valence-corrected chi connectivity index (χ3v) is 1.57. The molecule has 2 fully saturated rings. The van der Waals surface area contributed by atoms with Crippen LogP contribution in [0.15, 0.2) is 0 Å². The van der Waals surface area contributed by atoms with Crippen LogP contribution in [-0.2, 0) is 18.9 Å². The van der Waals surface area contributed by atoms with Crippen LogP contribution >= 0.6 is 0 Å². The van der Waals surface area contributed by atoms with E-state index in [4.69, 9.17) is 29.2 Å². The number of hydrogen-bond acceptors (Lipinski definition) is 6. The van der Waals surface area contributed by atoms with Crippen LogP contribution < -0.4 is 0 Å². The molecular formula is C8H16O6. The first-order chi connectivity index (χ1) is 6.79. The standard InChI is InChI=1S/2C4H8O3/c2*5-4-1-6-3-7-2-4/h2*4-5H,1-3H2. The fourth-order valence-corrected chi connectivity index (χ4v) is 0.951. The van der Waals surface area contributed by atoms with Gasteiger partial charge in [0, 0.05) is 0 Å². The highest BCUT2D eigenvalue weighted by atomic mass is 16.7. The van der Waals surface area contributed by atoms with Gasteiger partial charge >= 0.3 is 0 Å². The molecule has 0 spiro atoms. The molecule has 0 atom stereocenters. The average Bonchev–Trinajstić information content (AvgIpc) is 2.21.